The van der Waals surface area contributed by atoms with E-state index in [1.54, 1.807) is 0 Å². The Morgan fingerprint density at radius 1 is 1.35 bits per heavy atom. The number of halogens is 1. The van der Waals surface area contributed by atoms with Gasteiger partial charge >= 0.3 is 0 Å². The zero-order valence-electron chi connectivity index (χ0n) is 9.86. The third-order valence-electron chi connectivity index (χ3n) is 3.39. The minimum Gasteiger partial charge on any atom is -0.271 e. The van der Waals surface area contributed by atoms with Gasteiger partial charge in [-0.1, -0.05) is 29.8 Å². The Hall–Kier alpha value is -0.220. The number of hydrazine groups is 1. The van der Waals surface area contributed by atoms with Crippen LogP contribution in [0.1, 0.15) is 30.9 Å². The van der Waals surface area contributed by atoms with Gasteiger partial charge in [0.2, 0.25) is 0 Å². The van der Waals surface area contributed by atoms with Crippen LogP contribution in [-0.2, 0) is 0 Å². The largest absolute Gasteiger partial charge is 0.271 e. The van der Waals surface area contributed by atoms with Gasteiger partial charge in [0.1, 0.15) is 0 Å². The second kappa shape index (κ2) is 6.64. The third-order valence-corrected chi connectivity index (χ3v) is 4.78. The predicted octanol–water partition coefficient (Wildman–Crippen LogP) is 3.38. The van der Waals surface area contributed by atoms with Gasteiger partial charge in [-0.15, -0.1) is 0 Å². The van der Waals surface area contributed by atoms with Gasteiger partial charge in [-0.25, -0.2) is 0 Å². The zero-order chi connectivity index (χ0) is 12.1. The van der Waals surface area contributed by atoms with E-state index in [2.05, 4.69) is 23.3 Å². The Bertz CT molecular complexity index is 353. The molecular weight excluding hydrogens is 252 g/mol. The van der Waals surface area contributed by atoms with Crippen molar-refractivity contribution in [1.82, 2.24) is 5.43 Å². The molecule has 0 spiro atoms. The molecule has 0 saturated carbocycles. The number of rotatable bonds is 4. The van der Waals surface area contributed by atoms with Crippen LogP contribution in [0.4, 0.5) is 0 Å². The summed E-state index contributed by atoms with van der Waals surface area (Å²) in [6.07, 6.45) is 3.68. The lowest BCUT2D eigenvalue weighted by Crippen LogP contribution is -2.30. The molecule has 1 aromatic rings. The van der Waals surface area contributed by atoms with E-state index in [1.165, 1.54) is 24.3 Å². The first-order chi connectivity index (χ1) is 8.31. The standard InChI is InChI=1S/C13H19ClN2S/c14-12-4-2-1-3-11(12)13(16-15)9-10-5-7-17-8-6-10/h1-4,10,13,16H,5-9,15H2. The van der Waals surface area contributed by atoms with Crippen LogP contribution in [0.15, 0.2) is 24.3 Å². The minimum absolute atomic E-state index is 0.178. The summed E-state index contributed by atoms with van der Waals surface area (Å²) in [6.45, 7) is 0. The van der Waals surface area contributed by atoms with Crippen LogP contribution in [0.5, 0.6) is 0 Å². The normalized spacial score (nSPS) is 19.2. The van der Waals surface area contributed by atoms with Crippen molar-refractivity contribution in [1.29, 1.82) is 0 Å². The van der Waals surface area contributed by atoms with E-state index < -0.39 is 0 Å². The van der Waals surface area contributed by atoms with Crippen molar-refractivity contribution in [2.45, 2.75) is 25.3 Å². The Morgan fingerprint density at radius 2 is 2.06 bits per heavy atom. The van der Waals surface area contributed by atoms with Crippen LogP contribution in [0.3, 0.4) is 0 Å². The minimum atomic E-state index is 0.178. The first kappa shape index (κ1) is 13.2. The topological polar surface area (TPSA) is 38.0 Å². The monoisotopic (exact) mass is 270 g/mol. The highest BCUT2D eigenvalue weighted by Gasteiger charge is 2.20. The van der Waals surface area contributed by atoms with Crippen molar-refractivity contribution >= 4 is 23.4 Å². The molecule has 4 heteroatoms. The fourth-order valence-electron chi connectivity index (χ4n) is 2.36. The van der Waals surface area contributed by atoms with E-state index in [0.29, 0.717) is 0 Å². The summed E-state index contributed by atoms with van der Waals surface area (Å²) < 4.78 is 0. The van der Waals surface area contributed by atoms with E-state index in [9.17, 15) is 0 Å². The van der Waals surface area contributed by atoms with Crippen molar-refractivity contribution in [3.8, 4) is 0 Å². The van der Waals surface area contributed by atoms with Crippen molar-refractivity contribution in [2.75, 3.05) is 11.5 Å². The first-order valence-corrected chi connectivity index (χ1v) is 7.63. The molecule has 0 aliphatic carbocycles. The first-order valence-electron chi connectivity index (χ1n) is 6.09. The summed E-state index contributed by atoms with van der Waals surface area (Å²) in [7, 11) is 0. The van der Waals surface area contributed by atoms with Crippen molar-refractivity contribution in [2.24, 2.45) is 11.8 Å². The van der Waals surface area contributed by atoms with Crippen molar-refractivity contribution in [3.63, 3.8) is 0 Å². The number of nitrogens with one attached hydrogen (secondary N) is 1. The SMILES string of the molecule is NNC(CC1CCSCC1)c1ccccc1Cl. The quantitative estimate of drug-likeness (QED) is 0.651. The number of benzene rings is 1. The lowest BCUT2D eigenvalue weighted by atomic mass is 9.91. The number of thioether (sulfide) groups is 1. The Morgan fingerprint density at radius 3 is 2.71 bits per heavy atom. The maximum absolute atomic E-state index is 6.22. The van der Waals surface area contributed by atoms with Crippen LogP contribution in [0.25, 0.3) is 0 Å². The maximum atomic E-state index is 6.22. The van der Waals surface area contributed by atoms with Crippen LogP contribution in [-0.4, -0.2) is 11.5 Å². The molecule has 17 heavy (non-hydrogen) atoms. The molecule has 0 amide bonds. The van der Waals surface area contributed by atoms with Gasteiger partial charge in [-0.2, -0.15) is 11.8 Å². The van der Waals surface area contributed by atoms with Gasteiger partial charge in [0.25, 0.3) is 0 Å². The lowest BCUT2D eigenvalue weighted by Gasteiger charge is -2.26. The van der Waals surface area contributed by atoms with Gasteiger partial charge in [0.15, 0.2) is 0 Å². The smallest absolute Gasteiger partial charge is 0.0477 e. The van der Waals surface area contributed by atoms with Gasteiger partial charge in [-0.3, -0.25) is 11.3 Å². The molecule has 0 bridgehead atoms. The highest BCUT2D eigenvalue weighted by molar-refractivity contribution is 7.99. The van der Waals surface area contributed by atoms with Gasteiger partial charge in [-0.05, 0) is 48.3 Å². The van der Waals surface area contributed by atoms with Crippen molar-refractivity contribution < 1.29 is 0 Å². The van der Waals surface area contributed by atoms with Crippen molar-refractivity contribution in [3.05, 3.63) is 34.9 Å². The summed E-state index contributed by atoms with van der Waals surface area (Å²) in [5.74, 6) is 9.01. The third kappa shape index (κ3) is 3.62. The molecule has 1 aliphatic heterocycles. The van der Waals surface area contributed by atoms with Gasteiger partial charge in [0.05, 0.1) is 0 Å². The summed E-state index contributed by atoms with van der Waals surface area (Å²) in [5, 5.41) is 0.806. The molecule has 2 rings (SSSR count). The van der Waals surface area contributed by atoms with Crippen LogP contribution in [0, 0.1) is 5.92 Å². The average molecular weight is 271 g/mol. The fourth-order valence-corrected chi connectivity index (χ4v) is 3.83. The van der Waals surface area contributed by atoms with E-state index >= 15 is 0 Å². The number of nitrogens with two attached hydrogens (primary N) is 1. The second-order valence-electron chi connectivity index (χ2n) is 4.53. The number of hydrogen-bond donors (Lipinski definition) is 2. The highest BCUT2D eigenvalue weighted by atomic mass is 35.5. The molecule has 94 valence electrons. The fraction of sp³-hybridized carbons (Fsp3) is 0.538. The molecule has 1 aliphatic rings. The summed E-state index contributed by atoms with van der Waals surface area (Å²) in [4.78, 5) is 0. The Labute approximate surface area is 112 Å². The molecule has 1 aromatic carbocycles. The molecule has 1 unspecified atom stereocenters. The maximum Gasteiger partial charge on any atom is 0.0477 e. The van der Waals surface area contributed by atoms with E-state index in [0.717, 1.165) is 22.9 Å². The van der Waals surface area contributed by atoms with Gasteiger partial charge < -0.3 is 0 Å². The second-order valence-corrected chi connectivity index (χ2v) is 6.16. The van der Waals surface area contributed by atoms with Crippen LogP contribution < -0.4 is 11.3 Å². The molecule has 1 heterocycles. The molecule has 0 radical (unpaired) electrons. The molecular formula is C13H19ClN2S. The van der Waals surface area contributed by atoms with Crippen LogP contribution >= 0.6 is 23.4 Å². The zero-order valence-corrected chi connectivity index (χ0v) is 11.4. The van der Waals surface area contributed by atoms with Crippen LogP contribution in [0.2, 0.25) is 5.02 Å². The van der Waals surface area contributed by atoms with E-state index in [4.69, 9.17) is 17.4 Å². The molecule has 1 fully saturated rings. The molecule has 0 aromatic heterocycles. The molecule has 2 nitrogen and oxygen atoms in total. The predicted molar refractivity (Wildman–Crippen MR) is 76.2 cm³/mol. The van der Waals surface area contributed by atoms with E-state index in [1.807, 2.05) is 18.2 Å². The van der Waals surface area contributed by atoms with E-state index in [-0.39, 0.29) is 6.04 Å². The average Bonchev–Trinajstić information content (AvgIpc) is 2.38. The molecule has 3 N–H and O–H groups in total. The summed E-state index contributed by atoms with van der Waals surface area (Å²) >= 11 is 8.27. The van der Waals surface area contributed by atoms with Gasteiger partial charge in [0, 0.05) is 11.1 Å². The Balaban J connectivity index is 2.03. The Kier molecular flexibility index (Phi) is 5.16. The molecule has 1 saturated heterocycles. The molecule has 1 atom stereocenters. The summed E-state index contributed by atoms with van der Waals surface area (Å²) in [5.41, 5.74) is 4.04. The number of hydrogen-bond acceptors (Lipinski definition) is 3. The lowest BCUT2D eigenvalue weighted by molar-refractivity contribution is 0.374. The summed E-state index contributed by atoms with van der Waals surface area (Å²) in [6, 6.07) is 8.14. The highest BCUT2D eigenvalue weighted by Crippen LogP contribution is 2.32.